The molecule has 61 heavy (non-hydrogen) atoms. The minimum atomic E-state index is -1.44. The van der Waals surface area contributed by atoms with Crippen molar-refractivity contribution in [3.8, 4) is 11.1 Å². The summed E-state index contributed by atoms with van der Waals surface area (Å²) in [6.45, 7) is -0.591. The second-order valence-corrected chi connectivity index (χ2v) is 14.2. The normalized spacial score (nSPS) is 15.5. The Labute approximate surface area is 348 Å². The van der Waals surface area contributed by atoms with Gasteiger partial charge in [0.25, 0.3) is 5.91 Å². The van der Waals surface area contributed by atoms with Crippen LogP contribution in [0.2, 0.25) is 0 Å². The second-order valence-electron chi connectivity index (χ2n) is 14.2. The monoisotopic (exact) mass is 847 g/mol. The van der Waals surface area contributed by atoms with Crippen LogP contribution >= 0.6 is 0 Å². The van der Waals surface area contributed by atoms with Crippen molar-refractivity contribution in [1.82, 2.24) is 26.2 Å². The number of Topliss-reactive ketones (excluding diaryl/α,β-unsaturated/α-hetero) is 2. The number of nitrogens with two attached hydrogens (primary N) is 4. The van der Waals surface area contributed by atoms with Gasteiger partial charge >= 0.3 is 11.9 Å². The minimum absolute atomic E-state index is 0.00912. The number of aliphatic imine (C=N–C) groups is 2. The zero-order valence-electron chi connectivity index (χ0n) is 33.1. The number of carboxylic acids is 2. The predicted molar refractivity (Wildman–Crippen MR) is 218 cm³/mol. The molecule has 4 atom stereocenters. The Kier molecular flexibility index (Phi) is 16.4. The number of fused-ring (bicyclic) bond motifs is 3. The highest BCUT2D eigenvalue weighted by Gasteiger charge is 2.40. The van der Waals surface area contributed by atoms with Crippen LogP contribution in [0.15, 0.2) is 52.4 Å². The molecule has 4 rings (SSSR count). The van der Waals surface area contributed by atoms with Crippen LogP contribution in [0.1, 0.15) is 82.4 Å². The summed E-state index contributed by atoms with van der Waals surface area (Å²) in [5.74, 6) is -8.62. The summed E-state index contributed by atoms with van der Waals surface area (Å²) in [5, 5.41) is 28.0. The maximum atomic E-state index is 14.3. The number of hydrogen-bond donors (Lipinski definition) is 10. The standard InChI is InChI=1S/C39H49N11O11/c40-38(41)44-15-3-8-25(47-33(57)20-11-12-22-21-6-1-2-7-23(21)31(55)32(56)24(22)18-20)35(59)49-27(9-4-16-45-39(42)43)37(61)50-17-5-10-28(50)36(60)48-26(13-14-29(51)52)34(58)46-19-30(53)54/h1-2,6-7,11-12,18,25-28H,3-5,8-10,13-17,19H2,(H,46,58)(H,47,57)(H,48,60)(H,49,59)(H,51,52)(H,53,54)(H4,40,41,44)(H4,42,43,45)/t25-,26-,27-,28-/m0/s1. The van der Waals surface area contributed by atoms with Crippen LogP contribution in [0.25, 0.3) is 11.1 Å². The highest BCUT2D eigenvalue weighted by Crippen LogP contribution is 2.34. The van der Waals surface area contributed by atoms with E-state index in [0.717, 1.165) is 0 Å². The topological polar surface area (TPSA) is 374 Å². The Morgan fingerprint density at radius 2 is 1.30 bits per heavy atom. The van der Waals surface area contributed by atoms with Crippen molar-refractivity contribution in [2.45, 2.75) is 75.5 Å². The van der Waals surface area contributed by atoms with E-state index in [1.165, 1.54) is 29.2 Å². The average molecular weight is 848 g/mol. The van der Waals surface area contributed by atoms with E-state index < -0.39 is 90.2 Å². The fourth-order valence-corrected chi connectivity index (χ4v) is 6.91. The van der Waals surface area contributed by atoms with Crippen molar-refractivity contribution in [3.05, 3.63) is 59.2 Å². The number of carbonyl (C=O) groups is 9. The first-order chi connectivity index (χ1) is 29.0. The number of carboxylic acid groups (broad SMARTS) is 2. The molecule has 1 heterocycles. The molecule has 0 bridgehead atoms. The maximum absolute atomic E-state index is 14.3. The van der Waals surface area contributed by atoms with Gasteiger partial charge in [-0.1, -0.05) is 30.3 Å². The fraction of sp³-hybridized carbons (Fsp3) is 0.410. The van der Waals surface area contributed by atoms with Gasteiger partial charge in [0.05, 0.1) is 0 Å². The lowest BCUT2D eigenvalue weighted by Crippen LogP contribution is -2.58. The second kappa shape index (κ2) is 21.6. The number of aliphatic carboxylic acids is 2. The third-order valence-electron chi connectivity index (χ3n) is 9.85. The van der Waals surface area contributed by atoms with Crippen molar-refractivity contribution in [2.24, 2.45) is 32.9 Å². The van der Waals surface area contributed by atoms with Crippen LogP contribution in [0.3, 0.4) is 0 Å². The molecule has 326 valence electrons. The molecule has 1 fully saturated rings. The van der Waals surface area contributed by atoms with Gasteiger partial charge in [0.1, 0.15) is 30.7 Å². The van der Waals surface area contributed by atoms with Crippen LogP contribution in [-0.4, -0.2) is 130 Å². The molecule has 1 aliphatic heterocycles. The van der Waals surface area contributed by atoms with Gasteiger partial charge in [-0.2, -0.15) is 0 Å². The van der Waals surface area contributed by atoms with E-state index in [2.05, 4.69) is 31.3 Å². The highest BCUT2D eigenvalue weighted by molar-refractivity contribution is 6.53. The van der Waals surface area contributed by atoms with Gasteiger partial charge in [-0.25, -0.2) is 0 Å². The molecule has 22 nitrogen and oxygen atoms in total. The largest absolute Gasteiger partial charge is 0.481 e. The summed E-state index contributed by atoms with van der Waals surface area (Å²) in [5.41, 5.74) is 23.0. The van der Waals surface area contributed by atoms with E-state index in [0.29, 0.717) is 17.5 Å². The number of amides is 5. The van der Waals surface area contributed by atoms with Gasteiger partial charge in [0.2, 0.25) is 35.2 Å². The average Bonchev–Trinajstić information content (AvgIpc) is 3.72. The summed E-state index contributed by atoms with van der Waals surface area (Å²) in [7, 11) is 0. The number of nitrogens with zero attached hydrogens (tertiary/aromatic N) is 3. The molecule has 14 N–H and O–H groups in total. The van der Waals surface area contributed by atoms with Crippen LogP contribution in [0.5, 0.6) is 0 Å². The van der Waals surface area contributed by atoms with Crippen LogP contribution in [-0.2, 0) is 28.8 Å². The minimum Gasteiger partial charge on any atom is -0.481 e. The number of nitrogens with one attached hydrogen (secondary N) is 4. The van der Waals surface area contributed by atoms with E-state index >= 15 is 0 Å². The van der Waals surface area contributed by atoms with Crippen molar-refractivity contribution in [2.75, 3.05) is 26.2 Å². The lowest BCUT2D eigenvalue weighted by molar-refractivity contribution is -0.143. The SMILES string of the molecule is NC(N)=NCCC[C@H](NC(=O)c1ccc2c(c1)C(=O)C(=O)c1ccccc1-2)C(=O)N[C@@H](CCCN=C(N)N)C(=O)N1CCC[C@H]1C(=O)N[C@@H](CCC(=O)O)C(=O)NCC(=O)O. The number of carbonyl (C=O) groups excluding carboxylic acids is 7. The molecule has 0 saturated carbocycles. The van der Waals surface area contributed by atoms with Gasteiger partial charge in [0.15, 0.2) is 11.9 Å². The molecule has 1 aliphatic carbocycles. The molecule has 1 saturated heterocycles. The molecular weight excluding hydrogens is 798 g/mol. The van der Waals surface area contributed by atoms with E-state index in [9.17, 15) is 48.3 Å². The molecule has 5 amide bonds. The molecule has 2 aliphatic rings. The summed E-state index contributed by atoms with van der Waals surface area (Å²) >= 11 is 0. The number of hydrogen-bond acceptors (Lipinski definition) is 11. The van der Waals surface area contributed by atoms with E-state index in [4.69, 9.17) is 28.0 Å². The zero-order chi connectivity index (χ0) is 44.8. The van der Waals surface area contributed by atoms with E-state index in [1.807, 2.05) is 0 Å². The molecule has 22 heteroatoms. The predicted octanol–water partition coefficient (Wildman–Crippen LogP) is -2.04. The Hall–Kier alpha value is -7.39. The Morgan fingerprint density at radius 1 is 0.705 bits per heavy atom. The Bertz CT molecular complexity index is 2110. The molecule has 0 aromatic heterocycles. The molecule has 0 spiro atoms. The third kappa shape index (κ3) is 12.8. The number of guanidine groups is 2. The lowest BCUT2D eigenvalue weighted by Gasteiger charge is -2.30. The Balaban J connectivity index is 1.57. The van der Waals surface area contributed by atoms with Gasteiger partial charge < -0.3 is 59.3 Å². The first-order valence-electron chi connectivity index (χ1n) is 19.3. The van der Waals surface area contributed by atoms with Crippen molar-refractivity contribution in [1.29, 1.82) is 0 Å². The molecule has 0 radical (unpaired) electrons. The van der Waals surface area contributed by atoms with E-state index in [-0.39, 0.29) is 86.8 Å². The lowest BCUT2D eigenvalue weighted by atomic mass is 9.83. The van der Waals surface area contributed by atoms with Gasteiger partial charge in [-0.05, 0) is 68.2 Å². The summed E-state index contributed by atoms with van der Waals surface area (Å²) < 4.78 is 0. The van der Waals surface area contributed by atoms with Crippen molar-refractivity contribution >= 4 is 65.0 Å². The molecular formula is C39H49N11O11. The molecule has 2 aromatic rings. The van der Waals surface area contributed by atoms with Gasteiger partial charge in [-0.15, -0.1) is 0 Å². The summed E-state index contributed by atoms with van der Waals surface area (Å²) in [4.78, 5) is 126. The van der Waals surface area contributed by atoms with Crippen molar-refractivity contribution in [3.63, 3.8) is 0 Å². The van der Waals surface area contributed by atoms with Crippen LogP contribution < -0.4 is 44.2 Å². The van der Waals surface area contributed by atoms with Crippen molar-refractivity contribution < 1.29 is 53.4 Å². The quantitative estimate of drug-likeness (QED) is 0.0280. The number of benzene rings is 2. The third-order valence-corrected chi connectivity index (χ3v) is 9.85. The first-order valence-corrected chi connectivity index (χ1v) is 19.3. The zero-order valence-corrected chi connectivity index (χ0v) is 33.1. The first kappa shape index (κ1) is 46.3. The number of likely N-dealkylation sites (tertiary alicyclic amines) is 1. The summed E-state index contributed by atoms with van der Waals surface area (Å²) in [6, 6.07) is 5.60. The van der Waals surface area contributed by atoms with Gasteiger partial charge in [-0.3, -0.25) is 53.1 Å². The molecule has 0 unspecified atom stereocenters. The maximum Gasteiger partial charge on any atom is 0.322 e. The number of rotatable bonds is 21. The van der Waals surface area contributed by atoms with Crippen LogP contribution in [0, 0.1) is 0 Å². The highest BCUT2D eigenvalue weighted by atomic mass is 16.4. The Morgan fingerprint density at radius 3 is 1.92 bits per heavy atom. The van der Waals surface area contributed by atoms with Gasteiger partial charge in [0, 0.05) is 42.7 Å². The number of ketones is 2. The van der Waals surface area contributed by atoms with Crippen LogP contribution in [0.4, 0.5) is 0 Å². The fourth-order valence-electron chi connectivity index (χ4n) is 6.91. The summed E-state index contributed by atoms with van der Waals surface area (Å²) in [6.07, 6.45) is -0.146. The van der Waals surface area contributed by atoms with E-state index in [1.54, 1.807) is 18.2 Å². The molecule has 2 aromatic carbocycles. The smallest absolute Gasteiger partial charge is 0.322 e.